The van der Waals surface area contributed by atoms with E-state index >= 15 is 0 Å². The van der Waals surface area contributed by atoms with Crippen LogP contribution in [0, 0.1) is 0 Å². The van der Waals surface area contributed by atoms with E-state index in [4.69, 9.17) is 17.3 Å². The lowest BCUT2D eigenvalue weighted by atomic mass is 10.2. The summed E-state index contributed by atoms with van der Waals surface area (Å²) in [5.41, 5.74) is 5.56. The average Bonchev–Trinajstić information content (AvgIpc) is 2.03. The van der Waals surface area contributed by atoms with Gasteiger partial charge in [0.05, 0.1) is 5.88 Å². The Balaban J connectivity index is 3.18. The molecule has 0 aliphatic carbocycles. The molecule has 1 rings (SSSR count). The molecule has 0 amide bonds. The zero-order chi connectivity index (χ0) is 9.14. The van der Waals surface area contributed by atoms with E-state index in [0.717, 1.165) is 0 Å². The average molecular weight is 193 g/mol. The lowest BCUT2D eigenvalue weighted by Gasteiger charge is -2.06. The van der Waals surface area contributed by atoms with Crippen molar-refractivity contribution in [3.05, 3.63) is 23.5 Å². The van der Waals surface area contributed by atoms with Gasteiger partial charge in [-0.05, 0) is 6.07 Å². The van der Waals surface area contributed by atoms with Crippen molar-refractivity contribution in [3.63, 3.8) is 0 Å². The minimum atomic E-state index is -2.62. The van der Waals surface area contributed by atoms with Gasteiger partial charge in [-0.2, -0.15) is 0 Å². The predicted molar refractivity (Wildman–Crippen MR) is 43.2 cm³/mol. The molecule has 0 saturated carbocycles. The third-order valence-corrected chi connectivity index (χ3v) is 1.73. The van der Waals surface area contributed by atoms with Gasteiger partial charge in [0.15, 0.2) is 0 Å². The number of anilines is 1. The smallest absolute Gasteiger partial charge is 0.280 e. The Morgan fingerprint density at radius 3 is 2.67 bits per heavy atom. The standard InChI is InChI=1S/C7H7ClF2N2/c8-3-4-5(11)1-2-12-6(4)7(9)10/h1-2,7H,3H2,(H2,11,12). The summed E-state index contributed by atoms with van der Waals surface area (Å²) in [7, 11) is 0. The first-order chi connectivity index (χ1) is 5.66. The first-order valence-electron chi connectivity index (χ1n) is 3.24. The molecule has 0 aromatic carbocycles. The molecule has 66 valence electrons. The first-order valence-corrected chi connectivity index (χ1v) is 3.77. The number of rotatable bonds is 2. The summed E-state index contributed by atoms with van der Waals surface area (Å²) in [6.07, 6.45) is -1.38. The molecule has 0 aliphatic rings. The molecule has 0 saturated heterocycles. The Labute approximate surface area is 73.4 Å². The molecule has 5 heteroatoms. The van der Waals surface area contributed by atoms with E-state index in [1.165, 1.54) is 12.3 Å². The van der Waals surface area contributed by atoms with Gasteiger partial charge in [0.25, 0.3) is 6.43 Å². The summed E-state index contributed by atoms with van der Waals surface area (Å²) < 4.78 is 24.4. The van der Waals surface area contributed by atoms with Gasteiger partial charge >= 0.3 is 0 Å². The van der Waals surface area contributed by atoms with Crippen LogP contribution in [0.1, 0.15) is 17.7 Å². The number of alkyl halides is 3. The van der Waals surface area contributed by atoms with Gasteiger partial charge in [-0.3, -0.25) is 4.98 Å². The lowest BCUT2D eigenvalue weighted by molar-refractivity contribution is 0.145. The van der Waals surface area contributed by atoms with Crippen LogP contribution in [0.2, 0.25) is 0 Å². The summed E-state index contributed by atoms with van der Waals surface area (Å²) in [6, 6.07) is 1.45. The molecule has 0 aliphatic heterocycles. The highest BCUT2D eigenvalue weighted by atomic mass is 35.5. The Morgan fingerprint density at radius 2 is 2.25 bits per heavy atom. The second kappa shape index (κ2) is 3.67. The Kier molecular flexibility index (Phi) is 2.81. The molecule has 12 heavy (non-hydrogen) atoms. The number of nitrogens with two attached hydrogens (primary N) is 1. The minimum Gasteiger partial charge on any atom is -0.398 e. The summed E-state index contributed by atoms with van der Waals surface area (Å²) in [5.74, 6) is -0.0423. The number of nitrogen functional groups attached to an aromatic ring is 1. The molecule has 0 atom stereocenters. The zero-order valence-corrected chi connectivity index (χ0v) is 6.85. The van der Waals surface area contributed by atoms with Crippen molar-refractivity contribution in [2.24, 2.45) is 0 Å². The fraction of sp³-hybridized carbons (Fsp3) is 0.286. The topological polar surface area (TPSA) is 38.9 Å². The fourth-order valence-electron chi connectivity index (χ4n) is 0.858. The van der Waals surface area contributed by atoms with Crippen LogP contribution in [-0.4, -0.2) is 4.98 Å². The maximum atomic E-state index is 12.2. The van der Waals surface area contributed by atoms with Crippen molar-refractivity contribution in [1.29, 1.82) is 0 Å². The van der Waals surface area contributed by atoms with E-state index in [2.05, 4.69) is 4.98 Å². The summed E-state index contributed by atoms with van der Waals surface area (Å²) in [5, 5.41) is 0. The first kappa shape index (κ1) is 9.19. The van der Waals surface area contributed by atoms with Crippen molar-refractivity contribution in [1.82, 2.24) is 4.98 Å². The lowest BCUT2D eigenvalue weighted by Crippen LogP contribution is -2.01. The van der Waals surface area contributed by atoms with Gasteiger partial charge in [-0.15, -0.1) is 11.6 Å². The van der Waals surface area contributed by atoms with E-state index in [1.54, 1.807) is 0 Å². The molecule has 1 heterocycles. The van der Waals surface area contributed by atoms with Crippen molar-refractivity contribution in [3.8, 4) is 0 Å². The van der Waals surface area contributed by atoms with Crippen molar-refractivity contribution in [2.75, 3.05) is 5.73 Å². The minimum absolute atomic E-state index is 0.0423. The third kappa shape index (κ3) is 1.64. The number of hydrogen-bond acceptors (Lipinski definition) is 2. The molecule has 1 aromatic rings. The number of pyridine rings is 1. The van der Waals surface area contributed by atoms with Gasteiger partial charge < -0.3 is 5.73 Å². The molecular formula is C7H7ClF2N2. The maximum Gasteiger partial charge on any atom is 0.280 e. The summed E-state index contributed by atoms with van der Waals surface area (Å²) >= 11 is 5.43. The summed E-state index contributed by atoms with van der Waals surface area (Å²) in [6.45, 7) is 0. The van der Waals surface area contributed by atoms with Gasteiger partial charge in [0.1, 0.15) is 5.69 Å². The van der Waals surface area contributed by atoms with Crippen LogP contribution in [0.4, 0.5) is 14.5 Å². The molecule has 2 N–H and O–H groups in total. The molecule has 2 nitrogen and oxygen atoms in total. The van der Waals surface area contributed by atoms with Crippen molar-refractivity contribution in [2.45, 2.75) is 12.3 Å². The molecule has 0 fully saturated rings. The predicted octanol–water partition coefficient (Wildman–Crippen LogP) is 2.34. The van der Waals surface area contributed by atoms with Crippen LogP contribution in [0.5, 0.6) is 0 Å². The zero-order valence-electron chi connectivity index (χ0n) is 6.10. The maximum absolute atomic E-state index is 12.2. The molecule has 0 unspecified atom stereocenters. The van der Waals surface area contributed by atoms with Crippen LogP contribution in [0.3, 0.4) is 0 Å². The third-order valence-electron chi connectivity index (χ3n) is 1.47. The quantitative estimate of drug-likeness (QED) is 0.731. The van der Waals surface area contributed by atoms with Crippen molar-refractivity contribution < 1.29 is 8.78 Å². The fourth-order valence-corrected chi connectivity index (χ4v) is 1.15. The number of aromatic nitrogens is 1. The molecular weight excluding hydrogens is 186 g/mol. The van der Waals surface area contributed by atoms with Gasteiger partial charge in [-0.25, -0.2) is 8.78 Å². The van der Waals surface area contributed by atoms with E-state index < -0.39 is 6.43 Å². The van der Waals surface area contributed by atoms with Gasteiger partial charge in [-0.1, -0.05) is 0 Å². The van der Waals surface area contributed by atoms with Gasteiger partial charge in [0, 0.05) is 17.4 Å². The van der Waals surface area contributed by atoms with Crippen LogP contribution >= 0.6 is 11.6 Å². The van der Waals surface area contributed by atoms with Gasteiger partial charge in [0.2, 0.25) is 0 Å². The molecule has 0 spiro atoms. The monoisotopic (exact) mass is 192 g/mol. The van der Waals surface area contributed by atoms with Crippen LogP contribution in [-0.2, 0) is 5.88 Å². The van der Waals surface area contributed by atoms with E-state index in [9.17, 15) is 8.78 Å². The highest BCUT2D eigenvalue weighted by Gasteiger charge is 2.15. The molecule has 0 radical (unpaired) electrons. The molecule has 0 bridgehead atoms. The molecule has 1 aromatic heterocycles. The van der Waals surface area contributed by atoms with Crippen molar-refractivity contribution >= 4 is 17.3 Å². The Morgan fingerprint density at radius 1 is 1.58 bits per heavy atom. The van der Waals surface area contributed by atoms with E-state index in [1.807, 2.05) is 0 Å². The Bertz CT molecular complexity index is 278. The Hall–Kier alpha value is -0.900. The number of nitrogens with zero attached hydrogens (tertiary/aromatic N) is 1. The highest BCUT2D eigenvalue weighted by Crippen LogP contribution is 2.25. The summed E-state index contributed by atoms with van der Waals surface area (Å²) in [4.78, 5) is 3.50. The van der Waals surface area contributed by atoms with Crippen LogP contribution < -0.4 is 5.73 Å². The largest absolute Gasteiger partial charge is 0.398 e. The number of halogens is 3. The highest BCUT2D eigenvalue weighted by molar-refractivity contribution is 6.17. The number of hydrogen-bond donors (Lipinski definition) is 1. The second-order valence-electron chi connectivity index (χ2n) is 2.20. The normalized spacial score (nSPS) is 10.7. The second-order valence-corrected chi connectivity index (χ2v) is 2.47. The van der Waals surface area contributed by atoms with E-state index in [0.29, 0.717) is 0 Å². The SMILES string of the molecule is Nc1ccnc(C(F)F)c1CCl. The van der Waals surface area contributed by atoms with E-state index in [-0.39, 0.29) is 22.8 Å². The van der Waals surface area contributed by atoms with Crippen LogP contribution in [0.25, 0.3) is 0 Å². The van der Waals surface area contributed by atoms with Crippen LogP contribution in [0.15, 0.2) is 12.3 Å².